The lowest BCUT2D eigenvalue weighted by Gasteiger charge is -2.30. The molecule has 10 heteroatoms. The van der Waals surface area contributed by atoms with Gasteiger partial charge < -0.3 is 28.4 Å². The largest absolute Gasteiger partial charge is 0.493 e. The predicted octanol–water partition coefficient (Wildman–Crippen LogP) is 8.16. The maximum atomic E-state index is 6.21. The molecule has 0 radical (unpaired) electrons. The molecular weight excluding hydrogens is 645 g/mol. The first-order chi connectivity index (χ1) is 21.9. The summed E-state index contributed by atoms with van der Waals surface area (Å²) in [5, 5.41) is 0. The quantitative estimate of drug-likeness (QED) is 0.0588. The molecule has 0 unspecified atom stereocenters. The van der Waals surface area contributed by atoms with Crippen LogP contribution in [0.15, 0.2) is 24.3 Å². The first kappa shape index (κ1) is 40.5. The molecule has 2 rings (SSSR count). The van der Waals surface area contributed by atoms with Gasteiger partial charge in [-0.25, -0.2) is 0 Å². The second-order valence-electron chi connectivity index (χ2n) is 11.3. The molecule has 0 N–H and O–H groups in total. The molecule has 6 nitrogen and oxygen atoms in total. The van der Waals surface area contributed by atoms with Gasteiger partial charge in [0.2, 0.25) is 0 Å². The third kappa shape index (κ3) is 13.7. The lowest BCUT2D eigenvalue weighted by atomic mass is 9.76. The summed E-state index contributed by atoms with van der Waals surface area (Å²) in [4.78, 5) is 0. The Morgan fingerprint density at radius 2 is 0.756 bits per heavy atom. The van der Waals surface area contributed by atoms with Gasteiger partial charge in [0.25, 0.3) is 0 Å². The fourth-order valence-electron chi connectivity index (χ4n) is 4.88. The van der Waals surface area contributed by atoms with Crippen LogP contribution in [0.3, 0.4) is 0 Å². The van der Waals surface area contributed by atoms with Crippen molar-refractivity contribution in [3.05, 3.63) is 57.6 Å². The number of benzene rings is 2. The van der Waals surface area contributed by atoms with E-state index in [1.807, 2.05) is 13.8 Å². The van der Waals surface area contributed by atoms with Crippen LogP contribution in [-0.4, -0.2) is 62.7 Å². The Morgan fingerprint density at radius 1 is 0.489 bits per heavy atom. The summed E-state index contributed by atoms with van der Waals surface area (Å²) in [5.41, 5.74) is 6.00. The van der Waals surface area contributed by atoms with Crippen molar-refractivity contribution in [1.29, 1.82) is 0 Å². The molecule has 0 saturated carbocycles. The fourth-order valence-corrected chi connectivity index (χ4v) is 5.40. The molecular formula is C35H56O6S4. The van der Waals surface area contributed by atoms with E-state index in [0.29, 0.717) is 66.1 Å². The highest BCUT2D eigenvalue weighted by Gasteiger charge is 2.29. The molecule has 0 aliphatic rings. The fraction of sp³-hybridized carbons (Fsp3) is 0.657. The first-order valence-electron chi connectivity index (χ1n) is 16.2. The van der Waals surface area contributed by atoms with Crippen LogP contribution < -0.4 is 9.47 Å². The molecule has 0 aliphatic heterocycles. The minimum absolute atomic E-state index is 0.380. The van der Waals surface area contributed by atoms with E-state index < -0.39 is 0 Å². The second-order valence-corrected chi connectivity index (χ2v) is 13.0. The molecule has 0 aliphatic carbocycles. The number of hydrogen-bond acceptors (Lipinski definition) is 10. The molecule has 0 fully saturated rings. The van der Waals surface area contributed by atoms with Crippen molar-refractivity contribution in [2.24, 2.45) is 0 Å². The van der Waals surface area contributed by atoms with Crippen LogP contribution in [0, 0.1) is 0 Å². The third-order valence-electron chi connectivity index (χ3n) is 7.32. The molecule has 0 bridgehead atoms. The summed E-state index contributed by atoms with van der Waals surface area (Å²) in [6, 6.07) is 8.91. The molecule has 256 valence electrons. The Balaban J connectivity index is 2.64. The van der Waals surface area contributed by atoms with Crippen LogP contribution in [0.4, 0.5) is 0 Å². The number of ether oxygens (including phenoxy) is 6. The molecule has 0 spiro atoms. The standard InChI is InChI=1S/C35H56O6S4/c1-5-40-33-27(23-36-11-7-15-42)19-31(20-28(33)24-37-12-8-16-43)35(3,4)32-21-29(25-38-13-9-17-44)34(41-6-2)30(22-32)26-39-14-10-18-45/h19-22,42-45H,5-18,23-26H2,1-4H3. The van der Waals surface area contributed by atoms with Crippen molar-refractivity contribution < 1.29 is 28.4 Å². The van der Waals surface area contributed by atoms with Gasteiger partial charge in [0, 0.05) is 54.1 Å². The van der Waals surface area contributed by atoms with E-state index in [4.69, 9.17) is 28.4 Å². The van der Waals surface area contributed by atoms with Gasteiger partial charge in [-0.3, -0.25) is 0 Å². The second kappa shape index (κ2) is 23.6. The van der Waals surface area contributed by atoms with Gasteiger partial charge in [0.15, 0.2) is 0 Å². The lowest BCUT2D eigenvalue weighted by Crippen LogP contribution is -2.22. The van der Waals surface area contributed by atoms with Crippen LogP contribution in [0.1, 0.15) is 86.8 Å². The Bertz CT molecular complexity index is 948. The highest BCUT2D eigenvalue weighted by Crippen LogP contribution is 2.40. The zero-order valence-electron chi connectivity index (χ0n) is 27.8. The van der Waals surface area contributed by atoms with Crippen LogP contribution in [0.25, 0.3) is 0 Å². The van der Waals surface area contributed by atoms with Gasteiger partial charge in [-0.1, -0.05) is 13.8 Å². The average Bonchev–Trinajstić information content (AvgIpc) is 3.03. The molecule has 0 saturated heterocycles. The molecule has 45 heavy (non-hydrogen) atoms. The third-order valence-corrected chi connectivity index (χ3v) is 8.59. The molecule has 2 aromatic carbocycles. The van der Waals surface area contributed by atoms with Crippen LogP contribution >= 0.6 is 50.5 Å². The van der Waals surface area contributed by atoms with Gasteiger partial charge in [-0.15, -0.1) is 0 Å². The van der Waals surface area contributed by atoms with E-state index in [-0.39, 0.29) is 5.41 Å². The summed E-state index contributed by atoms with van der Waals surface area (Å²) < 4.78 is 36.8. The molecule has 0 aromatic heterocycles. The maximum Gasteiger partial charge on any atom is 0.130 e. The van der Waals surface area contributed by atoms with Crippen LogP contribution in [0.2, 0.25) is 0 Å². The van der Waals surface area contributed by atoms with E-state index >= 15 is 0 Å². The summed E-state index contributed by atoms with van der Waals surface area (Å²) in [6.45, 7) is 14.0. The van der Waals surface area contributed by atoms with Gasteiger partial charge in [0.1, 0.15) is 11.5 Å². The van der Waals surface area contributed by atoms with E-state index in [2.05, 4.69) is 88.6 Å². The monoisotopic (exact) mass is 700 g/mol. The first-order valence-corrected chi connectivity index (χ1v) is 18.7. The minimum atomic E-state index is -0.380. The molecule has 2 aromatic rings. The molecule has 0 heterocycles. The van der Waals surface area contributed by atoms with Crippen LogP contribution in [0.5, 0.6) is 11.5 Å². The van der Waals surface area contributed by atoms with Crippen molar-refractivity contribution >= 4 is 50.5 Å². The summed E-state index contributed by atoms with van der Waals surface area (Å²) in [7, 11) is 0. The highest BCUT2D eigenvalue weighted by molar-refractivity contribution is 7.80. The van der Waals surface area contributed by atoms with Gasteiger partial charge in [0.05, 0.1) is 39.6 Å². The zero-order chi connectivity index (χ0) is 32.9. The zero-order valence-corrected chi connectivity index (χ0v) is 31.4. The number of thiol groups is 4. The van der Waals surface area contributed by atoms with E-state index in [1.165, 1.54) is 0 Å². The SMILES string of the molecule is CCOc1c(COCCCS)cc(C(C)(C)c2cc(COCCCS)c(OCC)c(COCCCS)c2)cc1COCCCS. The van der Waals surface area contributed by atoms with Crippen LogP contribution in [-0.2, 0) is 50.8 Å². The van der Waals surface area contributed by atoms with Crippen molar-refractivity contribution in [2.45, 2.75) is 85.2 Å². The Hall–Kier alpha value is -0.720. The van der Waals surface area contributed by atoms with Crippen molar-refractivity contribution in [1.82, 2.24) is 0 Å². The van der Waals surface area contributed by atoms with Crippen molar-refractivity contribution in [2.75, 3.05) is 62.7 Å². The smallest absolute Gasteiger partial charge is 0.130 e. The normalized spacial score (nSPS) is 11.7. The van der Waals surface area contributed by atoms with E-state index in [0.717, 1.165) is 93.6 Å². The topological polar surface area (TPSA) is 55.4 Å². The summed E-state index contributed by atoms with van der Waals surface area (Å²) in [5.74, 6) is 4.83. The number of rotatable bonds is 26. The average molecular weight is 701 g/mol. The van der Waals surface area contributed by atoms with E-state index in [9.17, 15) is 0 Å². The van der Waals surface area contributed by atoms with Gasteiger partial charge in [-0.05, 0) is 97.9 Å². The molecule has 0 atom stereocenters. The lowest BCUT2D eigenvalue weighted by molar-refractivity contribution is 0.113. The van der Waals surface area contributed by atoms with Gasteiger partial charge in [-0.2, -0.15) is 50.5 Å². The maximum absolute atomic E-state index is 6.21. The van der Waals surface area contributed by atoms with Crippen molar-refractivity contribution in [3.63, 3.8) is 0 Å². The molecule has 0 amide bonds. The van der Waals surface area contributed by atoms with Gasteiger partial charge >= 0.3 is 0 Å². The Kier molecular flexibility index (Phi) is 21.2. The summed E-state index contributed by atoms with van der Waals surface area (Å²) in [6.07, 6.45) is 3.56. The minimum Gasteiger partial charge on any atom is -0.493 e. The van der Waals surface area contributed by atoms with E-state index in [1.54, 1.807) is 0 Å². The Labute approximate surface area is 294 Å². The Morgan fingerprint density at radius 3 is 0.978 bits per heavy atom. The summed E-state index contributed by atoms with van der Waals surface area (Å²) >= 11 is 17.4. The number of hydrogen-bond donors (Lipinski definition) is 4. The van der Waals surface area contributed by atoms with Crippen molar-refractivity contribution in [3.8, 4) is 11.5 Å². The predicted molar refractivity (Wildman–Crippen MR) is 200 cm³/mol. The highest BCUT2D eigenvalue weighted by atomic mass is 32.1.